The second kappa shape index (κ2) is 5.10. The highest BCUT2D eigenvalue weighted by Crippen LogP contribution is 2.19. The zero-order valence-corrected chi connectivity index (χ0v) is 10.2. The third-order valence-electron chi connectivity index (χ3n) is 3.31. The quantitative estimate of drug-likeness (QED) is 0.872. The minimum atomic E-state index is -0.529. The normalized spacial score (nSPS) is 22.9. The van der Waals surface area contributed by atoms with Crippen molar-refractivity contribution in [2.24, 2.45) is 0 Å². The van der Waals surface area contributed by atoms with E-state index < -0.39 is 11.6 Å². The molecule has 2 nitrogen and oxygen atoms in total. The Hall–Kier alpha value is -1.00. The van der Waals surface area contributed by atoms with Crippen LogP contribution in [0.4, 0.5) is 8.78 Å². The number of likely N-dealkylation sites (tertiary alicyclic amines) is 1. The molecule has 2 unspecified atom stereocenters. The van der Waals surface area contributed by atoms with Crippen molar-refractivity contribution in [3.8, 4) is 0 Å². The first-order valence-electron chi connectivity index (χ1n) is 5.96. The van der Waals surface area contributed by atoms with Crippen LogP contribution in [0, 0.1) is 11.6 Å². The molecular weight excluding hydrogens is 222 g/mol. The lowest BCUT2D eigenvalue weighted by Crippen LogP contribution is -2.33. The Bertz CT molecular complexity index is 395. The van der Waals surface area contributed by atoms with Crippen molar-refractivity contribution in [3.05, 3.63) is 35.4 Å². The summed E-state index contributed by atoms with van der Waals surface area (Å²) in [4.78, 5) is 2.24. The highest BCUT2D eigenvalue weighted by Gasteiger charge is 2.22. The molecule has 1 aromatic carbocycles. The highest BCUT2D eigenvalue weighted by atomic mass is 19.1. The van der Waals surface area contributed by atoms with Crippen molar-refractivity contribution in [3.63, 3.8) is 0 Å². The van der Waals surface area contributed by atoms with Crippen molar-refractivity contribution < 1.29 is 8.78 Å². The summed E-state index contributed by atoms with van der Waals surface area (Å²) in [5, 5.41) is 3.38. The molecule has 1 saturated heterocycles. The molecule has 2 rings (SSSR count). The van der Waals surface area contributed by atoms with Gasteiger partial charge in [-0.2, -0.15) is 0 Å². The van der Waals surface area contributed by atoms with E-state index in [0.717, 1.165) is 25.6 Å². The molecule has 1 heterocycles. The Morgan fingerprint density at radius 1 is 1.41 bits per heavy atom. The molecule has 4 heteroatoms. The van der Waals surface area contributed by atoms with E-state index in [1.165, 1.54) is 12.1 Å². The fourth-order valence-corrected chi connectivity index (χ4v) is 2.37. The van der Waals surface area contributed by atoms with E-state index in [0.29, 0.717) is 11.6 Å². The lowest BCUT2D eigenvalue weighted by molar-refractivity contribution is 0.384. The summed E-state index contributed by atoms with van der Waals surface area (Å²) in [7, 11) is 2.07. The van der Waals surface area contributed by atoms with Gasteiger partial charge in [0.1, 0.15) is 11.6 Å². The van der Waals surface area contributed by atoms with Crippen LogP contribution in [0.3, 0.4) is 0 Å². The van der Waals surface area contributed by atoms with Crippen LogP contribution in [-0.2, 0) is 0 Å². The van der Waals surface area contributed by atoms with Crippen molar-refractivity contribution >= 4 is 0 Å². The molecule has 0 aromatic heterocycles. The van der Waals surface area contributed by atoms with Gasteiger partial charge >= 0.3 is 0 Å². The van der Waals surface area contributed by atoms with Gasteiger partial charge in [0, 0.05) is 30.3 Å². The monoisotopic (exact) mass is 240 g/mol. The van der Waals surface area contributed by atoms with E-state index in [1.54, 1.807) is 0 Å². The van der Waals surface area contributed by atoms with Crippen LogP contribution in [0.25, 0.3) is 0 Å². The van der Waals surface area contributed by atoms with Crippen LogP contribution in [0.15, 0.2) is 18.2 Å². The van der Waals surface area contributed by atoms with Gasteiger partial charge in [0.15, 0.2) is 0 Å². The summed E-state index contributed by atoms with van der Waals surface area (Å²) < 4.78 is 26.4. The van der Waals surface area contributed by atoms with Gasteiger partial charge in [-0.3, -0.25) is 0 Å². The molecule has 94 valence electrons. The summed E-state index contributed by atoms with van der Waals surface area (Å²) in [6.07, 6.45) is 1.07. The molecule has 2 atom stereocenters. The van der Waals surface area contributed by atoms with Gasteiger partial charge in [-0.1, -0.05) is 6.07 Å². The number of nitrogens with zero attached hydrogens (tertiary/aromatic N) is 1. The molecular formula is C13H18F2N2. The molecule has 1 N–H and O–H groups in total. The summed E-state index contributed by atoms with van der Waals surface area (Å²) in [6, 6.07) is 4.05. The summed E-state index contributed by atoms with van der Waals surface area (Å²) in [6.45, 7) is 3.96. The standard InChI is InChI=1S/C13H18F2N2/c1-9(16-11-5-6-17(2)8-11)12-4-3-10(14)7-13(12)15/h3-4,7,9,11,16H,5-6,8H2,1-2H3. The molecule has 0 aliphatic carbocycles. The average molecular weight is 240 g/mol. The second-order valence-electron chi connectivity index (χ2n) is 4.80. The van der Waals surface area contributed by atoms with Crippen LogP contribution in [0.5, 0.6) is 0 Å². The number of benzene rings is 1. The Morgan fingerprint density at radius 3 is 2.76 bits per heavy atom. The number of hydrogen-bond donors (Lipinski definition) is 1. The van der Waals surface area contributed by atoms with Gasteiger partial charge in [0.25, 0.3) is 0 Å². The number of halogens is 2. The number of likely N-dealkylation sites (N-methyl/N-ethyl adjacent to an activating group) is 1. The smallest absolute Gasteiger partial charge is 0.130 e. The third kappa shape index (κ3) is 3.01. The zero-order chi connectivity index (χ0) is 12.4. The van der Waals surface area contributed by atoms with E-state index in [4.69, 9.17) is 0 Å². The highest BCUT2D eigenvalue weighted by molar-refractivity contribution is 5.21. The van der Waals surface area contributed by atoms with Crippen LogP contribution in [0.1, 0.15) is 24.9 Å². The van der Waals surface area contributed by atoms with Crippen molar-refractivity contribution in [2.75, 3.05) is 20.1 Å². The zero-order valence-electron chi connectivity index (χ0n) is 10.2. The molecule has 17 heavy (non-hydrogen) atoms. The average Bonchev–Trinajstić information content (AvgIpc) is 2.63. The third-order valence-corrected chi connectivity index (χ3v) is 3.31. The molecule has 0 spiro atoms. The Morgan fingerprint density at radius 2 is 2.18 bits per heavy atom. The molecule has 0 saturated carbocycles. The van der Waals surface area contributed by atoms with E-state index in [1.807, 2.05) is 6.92 Å². The van der Waals surface area contributed by atoms with Gasteiger partial charge in [0.05, 0.1) is 0 Å². The van der Waals surface area contributed by atoms with Gasteiger partial charge < -0.3 is 10.2 Å². The predicted molar refractivity (Wildman–Crippen MR) is 63.8 cm³/mol. The van der Waals surface area contributed by atoms with Crippen molar-refractivity contribution in [1.29, 1.82) is 0 Å². The maximum absolute atomic E-state index is 13.6. The number of nitrogens with one attached hydrogen (secondary N) is 1. The van der Waals surface area contributed by atoms with Gasteiger partial charge in [-0.25, -0.2) is 8.78 Å². The predicted octanol–water partition coefficient (Wildman–Crippen LogP) is 2.32. The van der Waals surface area contributed by atoms with E-state index in [2.05, 4.69) is 17.3 Å². The van der Waals surface area contributed by atoms with Crippen molar-refractivity contribution in [1.82, 2.24) is 10.2 Å². The first kappa shape index (κ1) is 12.5. The van der Waals surface area contributed by atoms with Crippen LogP contribution < -0.4 is 5.32 Å². The topological polar surface area (TPSA) is 15.3 Å². The maximum atomic E-state index is 13.6. The molecule has 0 radical (unpaired) electrons. The second-order valence-corrected chi connectivity index (χ2v) is 4.80. The fraction of sp³-hybridized carbons (Fsp3) is 0.538. The molecule has 1 aliphatic heterocycles. The van der Waals surface area contributed by atoms with E-state index in [-0.39, 0.29) is 6.04 Å². The summed E-state index contributed by atoms with van der Waals surface area (Å²) in [5.74, 6) is -1.00. The first-order chi connectivity index (χ1) is 8.06. The fourth-order valence-electron chi connectivity index (χ4n) is 2.37. The van der Waals surface area contributed by atoms with Gasteiger partial charge in [0.2, 0.25) is 0 Å². The summed E-state index contributed by atoms with van der Waals surface area (Å²) in [5.41, 5.74) is 0.529. The molecule has 1 fully saturated rings. The summed E-state index contributed by atoms with van der Waals surface area (Å²) >= 11 is 0. The lowest BCUT2D eigenvalue weighted by Gasteiger charge is -2.20. The Labute approximate surface area is 101 Å². The van der Waals surface area contributed by atoms with Crippen LogP contribution in [0.2, 0.25) is 0 Å². The Kier molecular flexibility index (Phi) is 3.74. The van der Waals surface area contributed by atoms with E-state index in [9.17, 15) is 8.78 Å². The molecule has 1 aromatic rings. The van der Waals surface area contributed by atoms with Crippen molar-refractivity contribution in [2.45, 2.75) is 25.4 Å². The molecule has 1 aliphatic rings. The van der Waals surface area contributed by atoms with Gasteiger partial charge in [-0.15, -0.1) is 0 Å². The number of hydrogen-bond acceptors (Lipinski definition) is 2. The minimum Gasteiger partial charge on any atom is -0.306 e. The van der Waals surface area contributed by atoms with Crippen LogP contribution in [-0.4, -0.2) is 31.1 Å². The Balaban J connectivity index is 2.01. The van der Waals surface area contributed by atoms with E-state index >= 15 is 0 Å². The largest absolute Gasteiger partial charge is 0.306 e. The lowest BCUT2D eigenvalue weighted by atomic mass is 10.1. The minimum absolute atomic E-state index is 0.0906. The SMILES string of the molecule is CC(NC1CCN(C)C1)c1ccc(F)cc1F. The first-order valence-corrected chi connectivity index (χ1v) is 5.96. The number of rotatable bonds is 3. The molecule has 0 amide bonds. The molecule has 0 bridgehead atoms. The van der Waals surface area contributed by atoms with Gasteiger partial charge in [-0.05, 0) is 33.0 Å². The van der Waals surface area contributed by atoms with Crippen LogP contribution >= 0.6 is 0 Å². The maximum Gasteiger partial charge on any atom is 0.130 e.